The highest BCUT2D eigenvalue weighted by atomic mass is 35.5. The van der Waals surface area contributed by atoms with Gasteiger partial charge in [-0.05, 0) is 25.1 Å². The maximum Gasteiger partial charge on any atom is 0.266 e. The third-order valence-corrected chi connectivity index (χ3v) is 5.40. The molecule has 0 saturated heterocycles. The molecule has 0 radical (unpaired) electrons. The molecule has 2 heterocycles. The van der Waals surface area contributed by atoms with Gasteiger partial charge in [-0.2, -0.15) is 10.2 Å². The summed E-state index contributed by atoms with van der Waals surface area (Å²) < 4.78 is 44.1. The van der Waals surface area contributed by atoms with E-state index in [0.717, 1.165) is 6.07 Å². The number of sulfonamides is 1. The van der Waals surface area contributed by atoms with E-state index in [4.69, 9.17) is 11.6 Å². The minimum Gasteiger partial charge on any atom is -0.279 e. The van der Waals surface area contributed by atoms with Crippen LogP contribution in [0.2, 0.25) is 5.15 Å². The minimum absolute atomic E-state index is 0.0198. The smallest absolute Gasteiger partial charge is 0.266 e. The average Bonchev–Trinajstić information content (AvgIpc) is 3.08. The lowest BCUT2D eigenvalue weighted by molar-refractivity contribution is 0.600. The molecule has 7 nitrogen and oxygen atoms in total. The number of halogens is 2. The summed E-state index contributed by atoms with van der Waals surface area (Å²) >= 11 is 5.98. The van der Waals surface area contributed by atoms with Crippen LogP contribution in [0.3, 0.4) is 0 Å². The van der Waals surface area contributed by atoms with Gasteiger partial charge in [0.05, 0.1) is 11.4 Å². The van der Waals surface area contributed by atoms with Crippen LogP contribution in [0.5, 0.6) is 0 Å². The first kappa shape index (κ1) is 16.5. The Morgan fingerprint density at radius 2 is 2.08 bits per heavy atom. The molecule has 24 heavy (non-hydrogen) atoms. The summed E-state index contributed by atoms with van der Waals surface area (Å²) in [6.45, 7) is 1.53. The second kappa shape index (κ2) is 5.91. The number of hydrogen-bond donors (Lipinski definition) is 1. The topological polar surface area (TPSA) is 81.8 Å². The Morgan fingerprint density at radius 1 is 1.33 bits per heavy atom. The van der Waals surface area contributed by atoms with Gasteiger partial charge in [0.1, 0.15) is 15.7 Å². The fourth-order valence-electron chi connectivity index (χ4n) is 2.29. The zero-order chi connectivity index (χ0) is 17.5. The molecule has 126 valence electrons. The van der Waals surface area contributed by atoms with E-state index in [2.05, 4.69) is 14.9 Å². The van der Waals surface area contributed by atoms with Crippen LogP contribution in [0.25, 0.3) is 5.69 Å². The van der Waals surface area contributed by atoms with Crippen molar-refractivity contribution in [3.05, 3.63) is 53.3 Å². The van der Waals surface area contributed by atoms with Crippen molar-refractivity contribution >= 4 is 27.3 Å². The Kier molecular flexibility index (Phi) is 4.06. The highest BCUT2D eigenvalue weighted by molar-refractivity contribution is 7.92. The van der Waals surface area contributed by atoms with Crippen molar-refractivity contribution in [1.29, 1.82) is 0 Å². The van der Waals surface area contributed by atoms with E-state index < -0.39 is 15.8 Å². The summed E-state index contributed by atoms with van der Waals surface area (Å²) in [6.07, 6.45) is 3.10. The molecule has 0 fully saturated rings. The molecule has 10 heteroatoms. The molecule has 1 aromatic carbocycles. The van der Waals surface area contributed by atoms with Crippen LogP contribution in [0, 0.1) is 12.7 Å². The monoisotopic (exact) mass is 369 g/mol. The number of nitrogens with one attached hydrogen (secondary N) is 1. The molecule has 0 aliphatic carbocycles. The maximum atomic E-state index is 14.2. The molecule has 0 spiro atoms. The number of hydrogen-bond acceptors (Lipinski definition) is 4. The predicted octanol–water partition coefficient (Wildman–Crippen LogP) is 2.51. The zero-order valence-corrected chi connectivity index (χ0v) is 14.3. The Labute approximate surface area is 142 Å². The van der Waals surface area contributed by atoms with Crippen LogP contribution in [0.4, 0.5) is 10.1 Å². The van der Waals surface area contributed by atoms with E-state index in [1.807, 2.05) is 0 Å². The summed E-state index contributed by atoms with van der Waals surface area (Å²) in [5, 5.41) is 7.88. The van der Waals surface area contributed by atoms with Gasteiger partial charge >= 0.3 is 0 Å². The van der Waals surface area contributed by atoms with Crippen molar-refractivity contribution in [2.45, 2.75) is 11.8 Å². The summed E-state index contributed by atoms with van der Waals surface area (Å²) in [5.74, 6) is -0.618. The summed E-state index contributed by atoms with van der Waals surface area (Å²) in [6, 6.07) is 5.60. The summed E-state index contributed by atoms with van der Waals surface area (Å²) in [5.41, 5.74) is 0.532. The number of aryl methyl sites for hydroxylation is 2. The minimum atomic E-state index is -3.99. The number of nitrogens with zero attached hydrogens (tertiary/aromatic N) is 4. The largest absolute Gasteiger partial charge is 0.279 e. The lowest BCUT2D eigenvalue weighted by atomic mass is 10.3. The fourth-order valence-corrected chi connectivity index (χ4v) is 4.09. The van der Waals surface area contributed by atoms with Crippen molar-refractivity contribution in [3.63, 3.8) is 0 Å². The quantitative estimate of drug-likeness (QED) is 0.766. The number of benzene rings is 1. The number of anilines is 1. The summed E-state index contributed by atoms with van der Waals surface area (Å²) in [7, 11) is -2.46. The van der Waals surface area contributed by atoms with E-state index >= 15 is 0 Å². The predicted molar refractivity (Wildman–Crippen MR) is 87.3 cm³/mol. The van der Waals surface area contributed by atoms with Crippen LogP contribution in [-0.2, 0) is 17.1 Å². The molecule has 0 aliphatic heterocycles. The Hall–Kier alpha value is -2.39. The Morgan fingerprint density at radius 3 is 2.62 bits per heavy atom. The molecule has 1 N–H and O–H groups in total. The molecular formula is C14H13ClFN5O2S. The first-order valence-corrected chi connectivity index (χ1v) is 8.67. The van der Waals surface area contributed by atoms with Gasteiger partial charge < -0.3 is 0 Å². The molecule has 3 rings (SSSR count). The van der Waals surface area contributed by atoms with Gasteiger partial charge in [-0.3, -0.25) is 9.40 Å². The van der Waals surface area contributed by atoms with Crippen molar-refractivity contribution < 1.29 is 12.8 Å². The van der Waals surface area contributed by atoms with Crippen LogP contribution < -0.4 is 4.72 Å². The average molecular weight is 370 g/mol. The van der Waals surface area contributed by atoms with Crippen LogP contribution in [-0.4, -0.2) is 28.0 Å². The normalized spacial score (nSPS) is 11.7. The standard InChI is InChI=1S/C14H13ClFN5O2S/c1-9-13(14(15)20(2)18-9)24(22,23)19-10-4-5-12(11(16)8-10)21-7-3-6-17-21/h3-8,19H,1-2H3. The van der Waals surface area contributed by atoms with E-state index in [0.29, 0.717) is 0 Å². The molecule has 0 bridgehead atoms. The van der Waals surface area contributed by atoms with E-state index in [9.17, 15) is 12.8 Å². The Balaban J connectivity index is 1.95. The number of aromatic nitrogens is 4. The molecule has 0 amide bonds. The molecule has 2 aromatic heterocycles. The molecule has 0 aliphatic rings. The van der Waals surface area contributed by atoms with Crippen molar-refractivity contribution in [3.8, 4) is 5.69 Å². The van der Waals surface area contributed by atoms with E-state index in [1.165, 1.54) is 41.7 Å². The van der Waals surface area contributed by atoms with Gasteiger partial charge in [0.25, 0.3) is 10.0 Å². The zero-order valence-electron chi connectivity index (χ0n) is 12.7. The molecule has 3 aromatic rings. The van der Waals surface area contributed by atoms with Crippen molar-refractivity contribution in [2.24, 2.45) is 7.05 Å². The molecule has 0 unspecified atom stereocenters. The van der Waals surface area contributed by atoms with Gasteiger partial charge in [-0.1, -0.05) is 11.6 Å². The first-order chi connectivity index (χ1) is 11.3. The SMILES string of the molecule is Cc1nn(C)c(Cl)c1S(=O)(=O)Nc1ccc(-n2cccn2)c(F)c1. The fraction of sp³-hybridized carbons (Fsp3) is 0.143. The van der Waals surface area contributed by atoms with Crippen molar-refractivity contribution in [2.75, 3.05) is 4.72 Å². The second-order valence-electron chi connectivity index (χ2n) is 5.05. The summed E-state index contributed by atoms with van der Waals surface area (Å²) in [4.78, 5) is -0.136. The van der Waals surface area contributed by atoms with Crippen LogP contribution in [0.1, 0.15) is 5.69 Å². The van der Waals surface area contributed by atoms with Gasteiger partial charge in [0, 0.05) is 25.5 Å². The van der Waals surface area contributed by atoms with Crippen LogP contribution >= 0.6 is 11.6 Å². The van der Waals surface area contributed by atoms with E-state index in [-0.39, 0.29) is 27.1 Å². The Bertz CT molecular complexity index is 999. The maximum absolute atomic E-state index is 14.2. The highest BCUT2D eigenvalue weighted by Crippen LogP contribution is 2.27. The lowest BCUT2D eigenvalue weighted by Crippen LogP contribution is -2.14. The van der Waals surface area contributed by atoms with E-state index in [1.54, 1.807) is 12.3 Å². The second-order valence-corrected chi connectivity index (χ2v) is 7.03. The molecule has 0 atom stereocenters. The number of rotatable bonds is 4. The first-order valence-electron chi connectivity index (χ1n) is 6.81. The highest BCUT2D eigenvalue weighted by Gasteiger charge is 2.25. The van der Waals surface area contributed by atoms with Crippen molar-refractivity contribution in [1.82, 2.24) is 19.6 Å². The van der Waals surface area contributed by atoms with Crippen LogP contribution in [0.15, 0.2) is 41.6 Å². The molecule has 0 saturated carbocycles. The lowest BCUT2D eigenvalue weighted by Gasteiger charge is -2.10. The third kappa shape index (κ3) is 2.87. The van der Waals surface area contributed by atoms with Gasteiger partial charge in [-0.15, -0.1) is 0 Å². The third-order valence-electron chi connectivity index (χ3n) is 3.32. The van der Waals surface area contributed by atoms with Gasteiger partial charge in [-0.25, -0.2) is 17.5 Å². The van der Waals surface area contributed by atoms with Gasteiger partial charge in [0.2, 0.25) is 0 Å². The molecular weight excluding hydrogens is 357 g/mol. The van der Waals surface area contributed by atoms with Gasteiger partial charge in [0.15, 0.2) is 5.82 Å².